The summed E-state index contributed by atoms with van der Waals surface area (Å²) in [6.07, 6.45) is -0.731. The van der Waals surface area contributed by atoms with Gasteiger partial charge >= 0.3 is 0 Å². The number of hydrogen-bond acceptors (Lipinski definition) is 4. The zero-order chi connectivity index (χ0) is 15.2. The molecule has 0 fully saturated rings. The molecule has 5 heteroatoms. The molecule has 0 aliphatic heterocycles. The number of benzene rings is 2. The van der Waals surface area contributed by atoms with Crippen molar-refractivity contribution in [1.29, 1.82) is 0 Å². The van der Waals surface area contributed by atoms with E-state index in [2.05, 4.69) is 5.32 Å². The van der Waals surface area contributed by atoms with Gasteiger partial charge in [0, 0.05) is 24.7 Å². The molecule has 0 saturated heterocycles. The summed E-state index contributed by atoms with van der Waals surface area (Å²) in [4.78, 5) is 0. The van der Waals surface area contributed by atoms with Crippen LogP contribution in [-0.4, -0.2) is 23.9 Å². The summed E-state index contributed by atoms with van der Waals surface area (Å²) < 4.78 is 17.8. The van der Waals surface area contributed by atoms with Crippen molar-refractivity contribution in [2.45, 2.75) is 12.6 Å². The van der Waals surface area contributed by atoms with Crippen molar-refractivity contribution < 1.29 is 19.3 Å². The van der Waals surface area contributed by atoms with Crippen LogP contribution in [0.5, 0.6) is 11.5 Å². The number of hydrogen-bond donors (Lipinski definition) is 3. The monoisotopic (exact) mass is 291 g/mol. The van der Waals surface area contributed by atoms with Crippen molar-refractivity contribution >= 4 is 0 Å². The number of methoxy groups -OCH3 is 1. The molecular formula is C16H18FNO3. The van der Waals surface area contributed by atoms with Gasteiger partial charge in [-0.2, -0.15) is 0 Å². The molecule has 0 aliphatic carbocycles. The van der Waals surface area contributed by atoms with Crippen molar-refractivity contribution in [3.05, 3.63) is 59.4 Å². The molecule has 0 amide bonds. The van der Waals surface area contributed by atoms with Crippen LogP contribution in [0.1, 0.15) is 17.2 Å². The molecular weight excluding hydrogens is 273 g/mol. The molecule has 4 nitrogen and oxygen atoms in total. The first-order valence-corrected chi connectivity index (χ1v) is 6.60. The first kappa shape index (κ1) is 15.3. The van der Waals surface area contributed by atoms with E-state index >= 15 is 0 Å². The van der Waals surface area contributed by atoms with E-state index in [0.29, 0.717) is 30.0 Å². The summed E-state index contributed by atoms with van der Waals surface area (Å²) in [6, 6.07) is 10.8. The Hall–Kier alpha value is -2.11. The van der Waals surface area contributed by atoms with Crippen LogP contribution in [0.15, 0.2) is 42.5 Å². The topological polar surface area (TPSA) is 61.7 Å². The van der Waals surface area contributed by atoms with Gasteiger partial charge in [0.05, 0.1) is 13.2 Å². The van der Waals surface area contributed by atoms with Gasteiger partial charge in [-0.05, 0) is 23.8 Å². The number of aliphatic hydroxyl groups is 1. The highest BCUT2D eigenvalue weighted by atomic mass is 19.1. The Labute approximate surface area is 122 Å². The van der Waals surface area contributed by atoms with E-state index in [4.69, 9.17) is 4.74 Å². The van der Waals surface area contributed by atoms with Gasteiger partial charge in [-0.3, -0.25) is 0 Å². The second-order valence-electron chi connectivity index (χ2n) is 4.69. The van der Waals surface area contributed by atoms with Crippen LogP contribution in [0.25, 0.3) is 0 Å². The summed E-state index contributed by atoms with van der Waals surface area (Å²) >= 11 is 0. The van der Waals surface area contributed by atoms with Crippen molar-refractivity contribution in [3.8, 4) is 11.5 Å². The minimum absolute atomic E-state index is 0.137. The number of aromatic hydroxyl groups is 1. The number of rotatable bonds is 6. The Morgan fingerprint density at radius 3 is 2.52 bits per heavy atom. The molecule has 0 spiro atoms. The highest BCUT2D eigenvalue weighted by molar-refractivity contribution is 5.39. The molecule has 112 valence electrons. The van der Waals surface area contributed by atoms with Crippen molar-refractivity contribution in [3.63, 3.8) is 0 Å². The van der Waals surface area contributed by atoms with E-state index in [9.17, 15) is 14.6 Å². The van der Waals surface area contributed by atoms with E-state index in [-0.39, 0.29) is 11.6 Å². The summed E-state index contributed by atoms with van der Waals surface area (Å²) in [5.74, 6) is 0.391. The number of ether oxygens (including phenoxy) is 1. The standard InChI is InChI=1S/C16H18FNO3/c1-21-14-7-4-12(15(19)8-14)9-18-10-16(20)11-2-5-13(17)6-3-11/h2-8,16,18-20H,9-10H2,1H3. The summed E-state index contributed by atoms with van der Waals surface area (Å²) in [5.41, 5.74) is 1.35. The van der Waals surface area contributed by atoms with Crippen molar-refractivity contribution in [1.82, 2.24) is 5.32 Å². The fourth-order valence-corrected chi connectivity index (χ4v) is 1.97. The third-order valence-corrected chi connectivity index (χ3v) is 3.20. The maximum atomic E-state index is 12.8. The molecule has 1 atom stereocenters. The van der Waals surface area contributed by atoms with Gasteiger partial charge in [-0.25, -0.2) is 4.39 Å². The van der Waals surface area contributed by atoms with E-state index in [0.717, 1.165) is 0 Å². The van der Waals surface area contributed by atoms with Crippen LogP contribution >= 0.6 is 0 Å². The van der Waals surface area contributed by atoms with Crippen molar-refractivity contribution in [2.24, 2.45) is 0 Å². The second-order valence-corrected chi connectivity index (χ2v) is 4.69. The zero-order valence-electron chi connectivity index (χ0n) is 11.7. The Bertz CT molecular complexity index is 587. The average molecular weight is 291 g/mol. The van der Waals surface area contributed by atoms with Crippen LogP contribution in [0.2, 0.25) is 0 Å². The first-order valence-electron chi connectivity index (χ1n) is 6.60. The quantitative estimate of drug-likeness (QED) is 0.764. The number of nitrogens with one attached hydrogen (secondary N) is 1. The molecule has 0 heterocycles. The smallest absolute Gasteiger partial charge is 0.123 e. The van der Waals surface area contributed by atoms with E-state index in [1.54, 1.807) is 24.3 Å². The molecule has 2 aromatic carbocycles. The largest absolute Gasteiger partial charge is 0.507 e. The lowest BCUT2D eigenvalue weighted by Crippen LogP contribution is -2.21. The van der Waals surface area contributed by atoms with Gasteiger partial charge in [-0.15, -0.1) is 0 Å². The van der Waals surface area contributed by atoms with Gasteiger partial charge < -0.3 is 20.3 Å². The Morgan fingerprint density at radius 2 is 1.90 bits per heavy atom. The first-order chi connectivity index (χ1) is 10.1. The van der Waals surface area contributed by atoms with E-state index < -0.39 is 6.10 Å². The molecule has 0 aliphatic rings. The minimum atomic E-state index is -0.731. The van der Waals surface area contributed by atoms with Crippen LogP contribution in [0.4, 0.5) is 4.39 Å². The SMILES string of the molecule is COc1ccc(CNCC(O)c2ccc(F)cc2)c(O)c1. The summed E-state index contributed by atoms with van der Waals surface area (Å²) in [5, 5.41) is 22.8. The summed E-state index contributed by atoms with van der Waals surface area (Å²) in [6.45, 7) is 0.713. The van der Waals surface area contributed by atoms with Gasteiger partial charge in [-0.1, -0.05) is 18.2 Å². The van der Waals surface area contributed by atoms with Crippen LogP contribution < -0.4 is 10.1 Å². The molecule has 2 rings (SSSR count). The van der Waals surface area contributed by atoms with Crippen LogP contribution in [0, 0.1) is 5.82 Å². The Balaban J connectivity index is 1.87. The van der Waals surface area contributed by atoms with Gasteiger partial charge in [0.2, 0.25) is 0 Å². The lowest BCUT2D eigenvalue weighted by atomic mass is 10.1. The summed E-state index contributed by atoms with van der Waals surface area (Å²) in [7, 11) is 1.53. The number of halogens is 1. The molecule has 0 aromatic heterocycles. The van der Waals surface area contributed by atoms with Crippen LogP contribution in [-0.2, 0) is 6.54 Å². The predicted molar refractivity (Wildman–Crippen MR) is 77.7 cm³/mol. The highest BCUT2D eigenvalue weighted by Crippen LogP contribution is 2.23. The predicted octanol–water partition coefficient (Wildman–Crippen LogP) is 2.36. The normalized spacial score (nSPS) is 12.1. The Morgan fingerprint density at radius 1 is 1.19 bits per heavy atom. The second kappa shape index (κ2) is 7.06. The number of phenolic OH excluding ortho intramolecular Hbond substituents is 1. The fourth-order valence-electron chi connectivity index (χ4n) is 1.97. The molecule has 3 N–H and O–H groups in total. The molecule has 0 bridgehead atoms. The van der Waals surface area contributed by atoms with E-state index in [1.807, 2.05) is 0 Å². The third-order valence-electron chi connectivity index (χ3n) is 3.20. The lowest BCUT2D eigenvalue weighted by molar-refractivity contribution is 0.174. The van der Waals surface area contributed by atoms with Gasteiger partial charge in [0.1, 0.15) is 17.3 Å². The Kier molecular flexibility index (Phi) is 5.14. The molecule has 1 unspecified atom stereocenters. The fraction of sp³-hybridized carbons (Fsp3) is 0.250. The van der Waals surface area contributed by atoms with Crippen molar-refractivity contribution in [2.75, 3.05) is 13.7 Å². The number of aliphatic hydroxyl groups excluding tert-OH is 1. The van der Waals surface area contributed by atoms with E-state index in [1.165, 1.54) is 25.3 Å². The minimum Gasteiger partial charge on any atom is -0.507 e. The maximum absolute atomic E-state index is 12.8. The molecule has 0 saturated carbocycles. The highest BCUT2D eigenvalue weighted by Gasteiger charge is 2.08. The lowest BCUT2D eigenvalue weighted by Gasteiger charge is -2.13. The maximum Gasteiger partial charge on any atom is 0.123 e. The zero-order valence-corrected chi connectivity index (χ0v) is 11.7. The van der Waals surface area contributed by atoms with Crippen LogP contribution in [0.3, 0.4) is 0 Å². The van der Waals surface area contributed by atoms with Gasteiger partial charge in [0.15, 0.2) is 0 Å². The molecule has 0 radical (unpaired) electrons. The molecule has 21 heavy (non-hydrogen) atoms. The third kappa shape index (κ3) is 4.18. The number of phenols is 1. The average Bonchev–Trinajstić information content (AvgIpc) is 2.49. The van der Waals surface area contributed by atoms with Gasteiger partial charge in [0.25, 0.3) is 0 Å². The molecule has 2 aromatic rings.